The van der Waals surface area contributed by atoms with E-state index >= 15 is 0 Å². The highest BCUT2D eigenvalue weighted by Crippen LogP contribution is 2.13. The summed E-state index contributed by atoms with van der Waals surface area (Å²) in [6.07, 6.45) is 1.43. The molecule has 0 heterocycles. The molecule has 1 amide bonds. The van der Waals surface area contributed by atoms with Crippen LogP contribution in [0, 0.1) is 0 Å². The predicted molar refractivity (Wildman–Crippen MR) is 100 cm³/mol. The molecule has 0 fully saturated rings. The molecule has 2 rings (SSSR count). The van der Waals surface area contributed by atoms with Crippen LogP contribution in [0.2, 0.25) is 0 Å². The average molecular weight is 388 g/mol. The highest BCUT2D eigenvalue weighted by Gasteiger charge is 2.13. The number of amides is 1. The molecule has 0 aromatic heterocycles. The van der Waals surface area contributed by atoms with Crippen molar-refractivity contribution in [2.75, 3.05) is 7.05 Å². The lowest BCUT2D eigenvalue weighted by Gasteiger charge is -2.17. The topological polar surface area (TPSA) is 37.4 Å². The molecule has 0 saturated heterocycles. The van der Waals surface area contributed by atoms with Crippen molar-refractivity contribution in [2.45, 2.75) is 32.7 Å². The van der Waals surface area contributed by atoms with Gasteiger partial charge in [0.2, 0.25) is 5.91 Å². The first-order chi connectivity index (χ1) is 11.5. The third kappa shape index (κ3) is 5.31. The van der Waals surface area contributed by atoms with E-state index in [4.69, 9.17) is 0 Å². The highest BCUT2D eigenvalue weighted by atomic mass is 79.9. The number of carbonyl (C=O) groups is 2. The lowest BCUT2D eigenvalue weighted by molar-refractivity contribution is -0.130. The van der Waals surface area contributed by atoms with Crippen molar-refractivity contribution in [1.82, 2.24) is 4.90 Å². The summed E-state index contributed by atoms with van der Waals surface area (Å²) < 4.78 is 1.01. The van der Waals surface area contributed by atoms with Gasteiger partial charge in [-0.25, -0.2) is 0 Å². The largest absolute Gasteiger partial charge is 0.341 e. The van der Waals surface area contributed by atoms with Gasteiger partial charge in [0.25, 0.3) is 0 Å². The lowest BCUT2D eigenvalue weighted by Crippen LogP contribution is -2.26. The van der Waals surface area contributed by atoms with Gasteiger partial charge < -0.3 is 4.90 Å². The molecule has 0 spiro atoms. The Morgan fingerprint density at radius 1 is 0.917 bits per heavy atom. The normalized spacial score (nSPS) is 10.5. The molecule has 3 nitrogen and oxygen atoms in total. The number of hydrogen-bond donors (Lipinski definition) is 0. The molecule has 0 N–H and O–H groups in total. The van der Waals surface area contributed by atoms with Crippen molar-refractivity contribution in [3.05, 3.63) is 69.7 Å². The minimum atomic E-state index is -0.0172. The first-order valence-electron chi connectivity index (χ1n) is 8.10. The van der Waals surface area contributed by atoms with Gasteiger partial charge in [-0.1, -0.05) is 59.3 Å². The lowest BCUT2D eigenvalue weighted by atomic mass is 10.0. The Hall–Kier alpha value is -1.94. The maximum atomic E-state index is 12.2. The van der Waals surface area contributed by atoms with Crippen molar-refractivity contribution in [3.8, 4) is 0 Å². The molecule has 0 atom stereocenters. The van der Waals surface area contributed by atoms with Gasteiger partial charge in [0, 0.05) is 36.5 Å². The van der Waals surface area contributed by atoms with Gasteiger partial charge in [-0.05, 0) is 29.7 Å². The molecule has 0 unspecified atom stereocenters. The Labute approximate surface area is 151 Å². The SMILES string of the molecule is CCc1ccc(C(=O)CCC(=O)N(C)Cc2ccc(Br)cc2)cc1. The molecule has 4 heteroatoms. The fourth-order valence-corrected chi connectivity index (χ4v) is 2.70. The fourth-order valence-electron chi connectivity index (χ4n) is 2.43. The van der Waals surface area contributed by atoms with Crippen molar-refractivity contribution < 1.29 is 9.59 Å². The smallest absolute Gasteiger partial charge is 0.223 e. The second-order valence-corrected chi connectivity index (χ2v) is 6.77. The monoisotopic (exact) mass is 387 g/mol. The summed E-state index contributed by atoms with van der Waals surface area (Å²) in [4.78, 5) is 26.1. The molecule has 0 aliphatic rings. The maximum absolute atomic E-state index is 12.2. The Balaban J connectivity index is 1.84. The highest BCUT2D eigenvalue weighted by molar-refractivity contribution is 9.10. The second kappa shape index (κ2) is 8.78. The van der Waals surface area contributed by atoms with Crippen LogP contribution in [0.1, 0.15) is 41.3 Å². The zero-order chi connectivity index (χ0) is 17.5. The molecule has 24 heavy (non-hydrogen) atoms. The summed E-state index contributed by atoms with van der Waals surface area (Å²) in [6.45, 7) is 2.63. The second-order valence-electron chi connectivity index (χ2n) is 5.85. The van der Waals surface area contributed by atoms with E-state index in [1.54, 1.807) is 11.9 Å². The first kappa shape index (κ1) is 18.4. The van der Waals surface area contributed by atoms with E-state index in [0.717, 1.165) is 16.5 Å². The van der Waals surface area contributed by atoms with E-state index in [9.17, 15) is 9.59 Å². The van der Waals surface area contributed by atoms with Crippen molar-refractivity contribution in [3.63, 3.8) is 0 Å². The van der Waals surface area contributed by atoms with Crippen LogP contribution in [-0.4, -0.2) is 23.6 Å². The van der Waals surface area contributed by atoms with Gasteiger partial charge in [0.15, 0.2) is 5.78 Å². The van der Waals surface area contributed by atoms with Gasteiger partial charge >= 0.3 is 0 Å². The van der Waals surface area contributed by atoms with Crippen molar-refractivity contribution in [1.29, 1.82) is 0 Å². The number of aryl methyl sites for hydroxylation is 1. The van der Waals surface area contributed by atoms with Crippen molar-refractivity contribution >= 4 is 27.6 Å². The summed E-state index contributed by atoms with van der Waals surface area (Å²) in [5.41, 5.74) is 2.95. The van der Waals surface area contributed by atoms with E-state index in [-0.39, 0.29) is 24.5 Å². The standard InChI is InChI=1S/C20H22BrNO2/c1-3-15-4-8-17(9-5-15)19(23)12-13-20(24)22(2)14-16-6-10-18(21)11-7-16/h4-11H,3,12-14H2,1-2H3. The minimum absolute atomic E-state index is 0.0167. The number of ketones is 1. The van der Waals surface area contributed by atoms with Crippen LogP contribution in [-0.2, 0) is 17.8 Å². The summed E-state index contributed by atoms with van der Waals surface area (Å²) in [5, 5.41) is 0. The minimum Gasteiger partial charge on any atom is -0.341 e. The molecule has 0 saturated carbocycles. The number of Topliss-reactive ketones (excluding diaryl/α,β-unsaturated/α-hetero) is 1. The molecule has 0 aliphatic carbocycles. The molecule has 0 radical (unpaired) electrons. The van der Waals surface area contributed by atoms with Gasteiger partial charge in [-0.2, -0.15) is 0 Å². The van der Waals surface area contributed by atoms with E-state index in [1.165, 1.54) is 5.56 Å². The first-order valence-corrected chi connectivity index (χ1v) is 8.89. The molecular weight excluding hydrogens is 366 g/mol. The number of benzene rings is 2. The van der Waals surface area contributed by atoms with Crippen molar-refractivity contribution in [2.24, 2.45) is 0 Å². The Morgan fingerprint density at radius 2 is 1.50 bits per heavy atom. The molecule has 0 aliphatic heterocycles. The van der Waals surface area contributed by atoms with E-state index in [2.05, 4.69) is 22.9 Å². The van der Waals surface area contributed by atoms with Crippen LogP contribution >= 0.6 is 15.9 Å². The molecule has 2 aromatic rings. The number of hydrogen-bond acceptors (Lipinski definition) is 2. The number of nitrogens with zero attached hydrogens (tertiary/aromatic N) is 1. The zero-order valence-corrected chi connectivity index (χ0v) is 15.7. The van der Waals surface area contributed by atoms with E-state index in [1.807, 2.05) is 48.5 Å². The van der Waals surface area contributed by atoms with Crippen LogP contribution in [0.25, 0.3) is 0 Å². The Kier molecular flexibility index (Phi) is 6.73. The fraction of sp³-hybridized carbons (Fsp3) is 0.300. The zero-order valence-electron chi connectivity index (χ0n) is 14.1. The maximum Gasteiger partial charge on any atom is 0.223 e. The summed E-state index contributed by atoms with van der Waals surface area (Å²) in [6, 6.07) is 15.5. The van der Waals surface area contributed by atoms with Gasteiger partial charge in [-0.15, -0.1) is 0 Å². The van der Waals surface area contributed by atoms with Crippen LogP contribution in [0.4, 0.5) is 0 Å². The summed E-state index contributed by atoms with van der Waals surface area (Å²) >= 11 is 3.39. The van der Waals surface area contributed by atoms with Gasteiger partial charge in [-0.3, -0.25) is 9.59 Å². The average Bonchev–Trinajstić information content (AvgIpc) is 2.61. The van der Waals surface area contributed by atoms with Gasteiger partial charge in [0.05, 0.1) is 0 Å². The molecule has 126 valence electrons. The third-order valence-corrected chi connectivity index (χ3v) is 4.54. The number of carbonyl (C=O) groups excluding carboxylic acids is 2. The summed E-state index contributed by atoms with van der Waals surface area (Å²) in [7, 11) is 1.77. The number of rotatable bonds is 7. The third-order valence-electron chi connectivity index (χ3n) is 4.01. The van der Waals surface area contributed by atoms with Crippen LogP contribution in [0.5, 0.6) is 0 Å². The molecule has 0 bridgehead atoms. The van der Waals surface area contributed by atoms with Crippen LogP contribution < -0.4 is 0 Å². The Morgan fingerprint density at radius 3 is 2.08 bits per heavy atom. The molecule has 2 aromatic carbocycles. The number of halogens is 1. The van der Waals surface area contributed by atoms with E-state index < -0.39 is 0 Å². The van der Waals surface area contributed by atoms with Gasteiger partial charge in [0.1, 0.15) is 0 Å². The summed E-state index contributed by atoms with van der Waals surface area (Å²) in [5.74, 6) is -0.000471. The Bertz CT molecular complexity index is 693. The van der Waals surface area contributed by atoms with Crippen LogP contribution in [0.3, 0.4) is 0 Å². The van der Waals surface area contributed by atoms with Crippen LogP contribution in [0.15, 0.2) is 53.0 Å². The van der Waals surface area contributed by atoms with E-state index in [0.29, 0.717) is 12.1 Å². The molecular formula is C20H22BrNO2. The predicted octanol–water partition coefficient (Wildman–Crippen LogP) is 4.63. The quantitative estimate of drug-likeness (QED) is 0.649.